The van der Waals surface area contributed by atoms with Crippen LogP contribution in [0.25, 0.3) is 0 Å². The maximum Gasteiger partial charge on any atom is 0.254 e. The minimum atomic E-state index is -0.260. The Labute approximate surface area is 124 Å². The molecule has 0 radical (unpaired) electrons. The average Bonchev–Trinajstić information content (AvgIpc) is 2.52. The first kappa shape index (κ1) is 15.0. The van der Waals surface area contributed by atoms with Crippen molar-refractivity contribution < 1.29 is 4.79 Å². The molecule has 0 bridgehead atoms. The van der Waals surface area contributed by atoms with Gasteiger partial charge in [-0.15, -0.1) is 0 Å². The quantitative estimate of drug-likeness (QED) is 0.918. The first-order chi connectivity index (χ1) is 10.1. The number of hydrogen-bond acceptors (Lipinski definition) is 2. The number of amides is 1. The summed E-state index contributed by atoms with van der Waals surface area (Å²) in [5, 5.41) is 0. The molecule has 4 heteroatoms. The lowest BCUT2D eigenvalue weighted by molar-refractivity contribution is 0.0671. The third-order valence-corrected chi connectivity index (χ3v) is 3.60. The van der Waals surface area contributed by atoms with Crippen LogP contribution in [0.2, 0.25) is 0 Å². The molecule has 0 saturated heterocycles. The van der Waals surface area contributed by atoms with E-state index < -0.39 is 0 Å². The van der Waals surface area contributed by atoms with Crippen molar-refractivity contribution in [3.63, 3.8) is 0 Å². The minimum absolute atomic E-state index is 0.108. The van der Waals surface area contributed by atoms with Crippen molar-refractivity contribution >= 4 is 5.91 Å². The van der Waals surface area contributed by atoms with Crippen molar-refractivity contribution in [2.75, 3.05) is 0 Å². The molecule has 2 aromatic rings. The topological polar surface area (TPSA) is 53.2 Å². The molecule has 0 aliphatic carbocycles. The molecule has 1 unspecified atom stereocenters. The Morgan fingerprint density at radius 3 is 2.57 bits per heavy atom. The first-order valence-electron chi connectivity index (χ1n) is 7.15. The molecule has 0 saturated carbocycles. The van der Waals surface area contributed by atoms with Gasteiger partial charge in [-0.1, -0.05) is 37.3 Å². The molecule has 0 fully saturated rings. The molecule has 4 nitrogen and oxygen atoms in total. The smallest absolute Gasteiger partial charge is 0.254 e. The van der Waals surface area contributed by atoms with Crippen molar-refractivity contribution in [1.82, 2.24) is 9.88 Å². The molecule has 1 amide bonds. The zero-order valence-electron chi connectivity index (χ0n) is 12.4. The van der Waals surface area contributed by atoms with Crippen molar-refractivity contribution in [3.8, 4) is 0 Å². The predicted molar refractivity (Wildman–Crippen MR) is 83.1 cm³/mol. The van der Waals surface area contributed by atoms with E-state index in [4.69, 9.17) is 0 Å². The molecular weight excluding hydrogens is 264 g/mol. The van der Waals surface area contributed by atoms with Crippen LogP contribution in [-0.4, -0.2) is 21.8 Å². The summed E-state index contributed by atoms with van der Waals surface area (Å²) in [7, 11) is 0. The molecule has 1 aromatic carbocycles. The zero-order chi connectivity index (χ0) is 15.2. The summed E-state index contributed by atoms with van der Waals surface area (Å²) in [4.78, 5) is 28.4. The van der Waals surface area contributed by atoms with Crippen LogP contribution in [0.4, 0.5) is 0 Å². The van der Waals surface area contributed by atoms with E-state index in [-0.39, 0.29) is 17.5 Å². The molecule has 0 aliphatic rings. The van der Waals surface area contributed by atoms with Gasteiger partial charge < -0.3 is 9.88 Å². The maximum absolute atomic E-state index is 12.7. The number of rotatable bonds is 5. The zero-order valence-corrected chi connectivity index (χ0v) is 12.4. The summed E-state index contributed by atoms with van der Waals surface area (Å²) < 4.78 is 0. The van der Waals surface area contributed by atoms with E-state index in [2.05, 4.69) is 4.98 Å². The van der Waals surface area contributed by atoms with E-state index in [1.54, 1.807) is 6.07 Å². The van der Waals surface area contributed by atoms with Crippen LogP contribution < -0.4 is 5.56 Å². The van der Waals surface area contributed by atoms with E-state index in [9.17, 15) is 9.59 Å². The third kappa shape index (κ3) is 3.81. The molecular formula is C17H20N2O2. The number of carbonyl (C=O) groups is 1. The van der Waals surface area contributed by atoms with Gasteiger partial charge in [-0.05, 0) is 25.0 Å². The Balaban J connectivity index is 2.27. The molecule has 2 rings (SSSR count). The standard InChI is InChI=1S/C17H20N2O2/c1-3-13(2)19(12-14-7-5-4-6-8-14)17(21)15-9-10-18-16(20)11-15/h4-11,13H,3,12H2,1-2H3,(H,18,20). The fourth-order valence-corrected chi connectivity index (χ4v) is 2.17. The number of nitrogens with one attached hydrogen (secondary N) is 1. The highest BCUT2D eigenvalue weighted by Crippen LogP contribution is 2.14. The molecule has 0 aliphatic heterocycles. The van der Waals surface area contributed by atoms with E-state index in [1.807, 2.05) is 49.1 Å². The van der Waals surface area contributed by atoms with Crippen LogP contribution in [0.5, 0.6) is 0 Å². The number of pyridine rings is 1. The minimum Gasteiger partial charge on any atom is -0.332 e. The fraction of sp³-hybridized carbons (Fsp3) is 0.294. The van der Waals surface area contributed by atoms with Crippen molar-refractivity contribution in [3.05, 3.63) is 70.1 Å². The predicted octanol–water partition coefficient (Wildman–Crippen LogP) is 2.82. The summed E-state index contributed by atoms with van der Waals surface area (Å²) in [6.45, 7) is 4.61. The highest BCUT2D eigenvalue weighted by molar-refractivity contribution is 5.94. The number of benzene rings is 1. The van der Waals surface area contributed by atoms with Gasteiger partial charge in [0.2, 0.25) is 5.56 Å². The molecule has 1 N–H and O–H groups in total. The second-order valence-corrected chi connectivity index (χ2v) is 5.12. The number of nitrogens with zero attached hydrogens (tertiary/aromatic N) is 1. The van der Waals surface area contributed by atoms with Gasteiger partial charge in [-0.2, -0.15) is 0 Å². The Morgan fingerprint density at radius 2 is 1.95 bits per heavy atom. The highest BCUT2D eigenvalue weighted by Gasteiger charge is 2.20. The van der Waals surface area contributed by atoms with Gasteiger partial charge in [0, 0.05) is 30.4 Å². The van der Waals surface area contributed by atoms with Crippen molar-refractivity contribution in [1.29, 1.82) is 0 Å². The first-order valence-corrected chi connectivity index (χ1v) is 7.15. The molecule has 110 valence electrons. The van der Waals surface area contributed by atoms with Gasteiger partial charge in [0.1, 0.15) is 0 Å². The number of H-pyrrole nitrogens is 1. The lowest BCUT2D eigenvalue weighted by Gasteiger charge is -2.29. The van der Waals surface area contributed by atoms with Gasteiger partial charge in [-0.25, -0.2) is 0 Å². The second kappa shape index (κ2) is 6.88. The monoisotopic (exact) mass is 284 g/mol. The number of hydrogen-bond donors (Lipinski definition) is 1. The van der Waals surface area contributed by atoms with Gasteiger partial charge >= 0.3 is 0 Å². The molecule has 21 heavy (non-hydrogen) atoms. The molecule has 1 heterocycles. The van der Waals surface area contributed by atoms with Gasteiger partial charge in [-0.3, -0.25) is 9.59 Å². The van der Waals surface area contributed by atoms with E-state index in [0.717, 1.165) is 12.0 Å². The van der Waals surface area contributed by atoms with E-state index in [1.165, 1.54) is 12.3 Å². The second-order valence-electron chi connectivity index (χ2n) is 5.12. The van der Waals surface area contributed by atoms with Crippen LogP contribution in [-0.2, 0) is 6.54 Å². The highest BCUT2D eigenvalue weighted by atomic mass is 16.2. The Hall–Kier alpha value is -2.36. The van der Waals surface area contributed by atoms with Gasteiger partial charge in [0.15, 0.2) is 0 Å². The maximum atomic E-state index is 12.7. The lowest BCUT2D eigenvalue weighted by Crippen LogP contribution is -2.38. The van der Waals surface area contributed by atoms with Crippen molar-refractivity contribution in [2.24, 2.45) is 0 Å². The van der Waals surface area contributed by atoms with Gasteiger partial charge in [0.05, 0.1) is 0 Å². The Kier molecular flexibility index (Phi) is 4.93. The fourth-order valence-electron chi connectivity index (χ4n) is 2.17. The lowest BCUT2D eigenvalue weighted by atomic mass is 10.1. The molecule has 1 aromatic heterocycles. The summed E-state index contributed by atoms with van der Waals surface area (Å²) >= 11 is 0. The summed E-state index contributed by atoms with van der Waals surface area (Å²) in [5.74, 6) is -0.112. The SMILES string of the molecule is CCC(C)N(Cc1ccccc1)C(=O)c1cc[nH]c(=O)c1. The van der Waals surface area contributed by atoms with Crippen LogP contribution in [0, 0.1) is 0 Å². The van der Waals surface area contributed by atoms with Crippen LogP contribution in [0.15, 0.2) is 53.5 Å². The third-order valence-electron chi connectivity index (χ3n) is 3.60. The molecule has 0 spiro atoms. The van der Waals surface area contributed by atoms with Crippen LogP contribution in [0.1, 0.15) is 36.2 Å². The molecule has 1 atom stereocenters. The van der Waals surface area contributed by atoms with E-state index >= 15 is 0 Å². The summed E-state index contributed by atoms with van der Waals surface area (Å²) in [5.41, 5.74) is 1.25. The summed E-state index contributed by atoms with van der Waals surface area (Å²) in [6.07, 6.45) is 2.37. The number of aromatic nitrogens is 1. The van der Waals surface area contributed by atoms with Gasteiger partial charge in [0.25, 0.3) is 5.91 Å². The van der Waals surface area contributed by atoms with E-state index in [0.29, 0.717) is 12.1 Å². The number of carbonyl (C=O) groups excluding carboxylic acids is 1. The average molecular weight is 284 g/mol. The summed E-state index contributed by atoms with van der Waals surface area (Å²) in [6, 6.07) is 13.0. The normalized spacial score (nSPS) is 11.9. The number of aromatic amines is 1. The van der Waals surface area contributed by atoms with Crippen LogP contribution >= 0.6 is 0 Å². The Bertz CT molecular complexity index is 649. The Morgan fingerprint density at radius 1 is 1.24 bits per heavy atom. The van der Waals surface area contributed by atoms with Crippen molar-refractivity contribution in [2.45, 2.75) is 32.9 Å². The largest absolute Gasteiger partial charge is 0.332 e. The van der Waals surface area contributed by atoms with Crippen LogP contribution in [0.3, 0.4) is 0 Å².